The highest BCUT2D eigenvalue weighted by Gasteiger charge is 2.35. The molecule has 0 fully saturated rings. The molecular weight excluding hydrogens is 396 g/mol. The van der Waals surface area contributed by atoms with Crippen LogP contribution in [0.3, 0.4) is 0 Å². The lowest BCUT2D eigenvalue weighted by Crippen LogP contribution is -2.44. The molecule has 1 amide bonds. The SMILES string of the molecule is Cc1ccc2c(c1)c1c3n2CCN(CC(=O)NN=Cc2ccccc2Cl)C3CCC1. The first kappa shape index (κ1) is 19.3. The van der Waals surface area contributed by atoms with Crippen LogP contribution in [0.4, 0.5) is 0 Å². The smallest absolute Gasteiger partial charge is 0.254 e. The number of rotatable bonds is 4. The van der Waals surface area contributed by atoms with Crippen molar-refractivity contribution in [2.45, 2.75) is 38.8 Å². The standard InChI is InChI=1S/C24H25ClN4O/c1-16-9-10-21-19(13-16)18-6-4-8-22-24(18)29(21)12-11-28(22)15-23(30)27-26-14-17-5-2-3-7-20(17)25/h2-3,5,7,9-10,13-14,22H,4,6,8,11-12,15H2,1H3,(H,27,30). The number of carbonyl (C=O) groups excluding carboxylic acids is 1. The molecule has 1 atom stereocenters. The summed E-state index contributed by atoms with van der Waals surface area (Å²) in [6.45, 7) is 4.30. The molecule has 1 N–H and O–H groups in total. The topological polar surface area (TPSA) is 49.6 Å². The Balaban J connectivity index is 1.33. The monoisotopic (exact) mass is 420 g/mol. The van der Waals surface area contributed by atoms with Crippen molar-refractivity contribution in [1.29, 1.82) is 0 Å². The molecule has 30 heavy (non-hydrogen) atoms. The molecule has 154 valence electrons. The second kappa shape index (κ2) is 7.89. The number of aromatic nitrogens is 1. The van der Waals surface area contributed by atoms with Gasteiger partial charge in [0, 0.05) is 40.3 Å². The number of carbonyl (C=O) groups is 1. The van der Waals surface area contributed by atoms with E-state index in [4.69, 9.17) is 11.6 Å². The molecule has 5 nitrogen and oxygen atoms in total. The van der Waals surface area contributed by atoms with Crippen LogP contribution in [0.15, 0.2) is 47.6 Å². The van der Waals surface area contributed by atoms with Crippen LogP contribution < -0.4 is 5.43 Å². The molecule has 6 heteroatoms. The first-order valence-corrected chi connectivity index (χ1v) is 10.9. The van der Waals surface area contributed by atoms with Crippen molar-refractivity contribution in [2.24, 2.45) is 5.10 Å². The van der Waals surface area contributed by atoms with Crippen LogP contribution in [0.2, 0.25) is 5.02 Å². The van der Waals surface area contributed by atoms with Gasteiger partial charge >= 0.3 is 0 Å². The van der Waals surface area contributed by atoms with Crippen molar-refractivity contribution in [3.8, 4) is 0 Å². The zero-order valence-corrected chi connectivity index (χ0v) is 17.8. The Kier molecular flexibility index (Phi) is 5.09. The molecule has 0 spiro atoms. The van der Waals surface area contributed by atoms with E-state index in [0.717, 1.165) is 37.9 Å². The molecule has 0 bridgehead atoms. The largest absolute Gasteiger partial charge is 0.342 e. The van der Waals surface area contributed by atoms with Crippen LogP contribution in [0.25, 0.3) is 10.9 Å². The number of hydrazone groups is 1. The third kappa shape index (κ3) is 3.42. The Morgan fingerprint density at radius 1 is 1.27 bits per heavy atom. The molecule has 2 aliphatic rings. The van der Waals surface area contributed by atoms with Crippen molar-refractivity contribution in [2.75, 3.05) is 13.1 Å². The predicted octanol–water partition coefficient (Wildman–Crippen LogP) is 4.45. The molecule has 0 radical (unpaired) electrons. The van der Waals surface area contributed by atoms with Crippen molar-refractivity contribution in [3.63, 3.8) is 0 Å². The Morgan fingerprint density at radius 2 is 2.13 bits per heavy atom. The van der Waals surface area contributed by atoms with Gasteiger partial charge in [-0.25, -0.2) is 5.43 Å². The summed E-state index contributed by atoms with van der Waals surface area (Å²) in [5, 5.41) is 6.11. The second-order valence-corrected chi connectivity index (χ2v) is 8.64. The van der Waals surface area contributed by atoms with Crippen LogP contribution >= 0.6 is 11.6 Å². The quantitative estimate of drug-likeness (QED) is 0.501. The number of hydrogen-bond acceptors (Lipinski definition) is 3. The van der Waals surface area contributed by atoms with E-state index in [1.165, 1.54) is 27.7 Å². The highest BCUT2D eigenvalue weighted by molar-refractivity contribution is 6.33. The van der Waals surface area contributed by atoms with Crippen LogP contribution in [0.5, 0.6) is 0 Å². The molecule has 0 saturated carbocycles. The van der Waals surface area contributed by atoms with Gasteiger partial charge in [-0.3, -0.25) is 9.69 Å². The highest BCUT2D eigenvalue weighted by atomic mass is 35.5. The third-order valence-electron chi connectivity index (χ3n) is 6.28. The number of hydrogen-bond donors (Lipinski definition) is 1. The molecule has 2 heterocycles. The minimum atomic E-state index is -0.0918. The van der Waals surface area contributed by atoms with Gasteiger partial charge in [0.2, 0.25) is 0 Å². The number of amides is 1. The van der Waals surface area contributed by atoms with Gasteiger partial charge in [-0.2, -0.15) is 5.10 Å². The lowest BCUT2D eigenvalue weighted by molar-refractivity contribution is -0.123. The molecule has 1 aliphatic carbocycles. The maximum atomic E-state index is 12.6. The van der Waals surface area contributed by atoms with Crippen molar-refractivity contribution < 1.29 is 4.79 Å². The summed E-state index contributed by atoms with van der Waals surface area (Å²) in [5.74, 6) is -0.0918. The summed E-state index contributed by atoms with van der Waals surface area (Å²) in [5.41, 5.74) is 8.99. The van der Waals surface area contributed by atoms with Gasteiger partial charge < -0.3 is 4.57 Å². The van der Waals surface area contributed by atoms with Crippen molar-refractivity contribution in [1.82, 2.24) is 14.9 Å². The van der Waals surface area contributed by atoms with Gasteiger partial charge in [0.15, 0.2) is 0 Å². The second-order valence-electron chi connectivity index (χ2n) is 8.23. The van der Waals surface area contributed by atoms with E-state index in [-0.39, 0.29) is 5.91 Å². The summed E-state index contributed by atoms with van der Waals surface area (Å²) in [4.78, 5) is 14.9. The molecule has 1 aliphatic heterocycles. The number of nitrogens with one attached hydrogen (secondary N) is 1. The fourth-order valence-electron chi connectivity index (χ4n) is 4.95. The molecule has 1 unspecified atom stereocenters. The molecule has 2 aromatic carbocycles. The van der Waals surface area contributed by atoms with E-state index >= 15 is 0 Å². The van der Waals surface area contributed by atoms with Gasteiger partial charge in [-0.15, -0.1) is 0 Å². The van der Waals surface area contributed by atoms with Crippen molar-refractivity contribution in [3.05, 3.63) is 69.9 Å². The summed E-state index contributed by atoms with van der Waals surface area (Å²) in [6, 6.07) is 14.5. The Morgan fingerprint density at radius 3 is 3.00 bits per heavy atom. The Hall–Kier alpha value is -2.63. The van der Waals surface area contributed by atoms with Crippen LogP contribution in [0.1, 0.15) is 41.3 Å². The van der Waals surface area contributed by atoms with Crippen LogP contribution in [-0.4, -0.2) is 34.7 Å². The Bertz CT molecular complexity index is 1150. The normalized spacial score (nSPS) is 18.7. The number of halogens is 1. The fourth-order valence-corrected chi connectivity index (χ4v) is 5.14. The third-order valence-corrected chi connectivity index (χ3v) is 6.63. The van der Waals surface area contributed by atoms with E-state index in [9.17, 15) is 4.79 Å². The zero-order valence-electron chi connectivity index (χ0n) is 17.1. The summed E-state index contributed by atoms with van der Waals surface area (Å²) in [6.07, 6.45) is 4.97. The van der Waals surface area contributed by atoms with Gasteiger partial charge in [-0.1, -0.05) is 41.4 Å². The molecule has 5 rings (SSSR count). The van der Waals surface area contributed by atoms with E-state index in [1.54, 1.807) is 12.3 Å². The predicted molar refractivity (Wildman–Crippen MR) is 121 cm³/mol. The van der Waals surface area contributed by atoms with E-state index in [2.05, 4.69) is 45.1 Å². The lowest BCUT2D eigenvalue weighted by Gasteiger charge is -2.39. The molecule has 1 aromatic heterocycles. The number of benzene rings is 2. The Labute approximate surface area is 181 Å². The first-order chi connectivity index (χ1) is 14.6. The van der Waals surface area contributed by atoms with Gasteiger partial charge in [0.25, 0.3) is 5.91 Å². The average molecular weight is 421 g/mol. The molecular formula is C24H25ClN4O. The van der Waals surface area contributed by atoms with Crippen LogP contribution in [0, 0.1) is 6.92 Å². The number of nitrogens with zero attached hydrogens (tertiary/aromatic N) is 3. The highest BCUT2D eigenvalue weighted by Crippen LogP contribution is 2.42. The molecule has 3 aromatic rings. The summed E-state index contributed by atoms with van der Waals surface area (Å²) >= 11 is 6.13. The van der Waals surface area contributed by atoms with E-state index < -0.39 is 0 Å². The summed E-state index contributed by atoms with van der Waals surface area (Å²) in [7, 11) is 0. The number of aryl methyl sites for hydroxylation is 2. The maximum Gasteiger partial charge on any atom is 0.254 e. The minimum Gasteiger partial charge on any atom is -0.342 e. The molecule has 0 saturated heterocycles. The average Bonchev–Trinajstić information content (AvgIpc) is 3.06. The maximum absolute atomic E-state index is 12.6. The first-order valence-electron chi connectivity index (χ1n) is 10.5. The summed E-state index contributed by atoms with van der Waals surface area (Å²) < 4.78 is 2.48. The van der Waals surface area contributed by atoms with Crippen LogP contribution in [-0.2, 0) is 17.8 Å². The van der Waals surface area contributed by atoms with Gasteiger partial charge in [0.05, 0.1) is 18.8 Å². The zero-order chi connectivity index (χ0) is 20.7. The minimum absolute atomic E-state index is 0.0918. The van der Waals surface area contributed by atoms with E-state index in [0.29, 0.717) is 17.6 Å². The lowest BCUT2D eigenvalue weighted by atomic mass is 9.89. The fraction of sp³-hybridized carbons (Fsp3) is 0.333. The van der Waals surface area contributed by atoms with Gasteiger partial charge in [-0.05, 0) is 49.9 Å². The van der Waals surface area contributed by atoms with Crippen molar-refractivity contribution >= 4 is 34.6 Å². The van der Waals surface area contributed by atoms with E-state index in [1.807, 2.05) is 18.2 Å². The van der Waals surface area contributed by atoms with Gasteiger partial charge in [0.1, 0.15) is 0 Å². The number of fused-ring (bicyclic) bond motifs is 3.